The molecule has 1 N–H and O–H groups in total. The molecule has 0 unspecified atom stereocenters. The maximum absolute atomic E-state index is 9.62. The highest BCUT2D eigenvalue weighted by molar-refractivity contribution is 7.15. The molecule has 8 heteroatoms. The molecular weight excluding hydrogens is 386 g/mol. The number of rotatable bonds is 5. The molecule has 1 aliphatic rings. The van der Waals surface area contributed by atoms with Crippen LogP contribution in [0.2, 0.25) is 0 Å². The molecule has 0 saturated carbocycles. The number of hydrogen-bond acceptors (Lipinski definition) is 8. The van der Waals surface area contributed by atoms with Crippen molar-refractivity contribution in [3.8, 4) is 27.8 Å². The standard InChI is InChI=1S/C21H25N5O2S/c1-14-12-17(29-18(14)13-25(2)3)20-22-19(15-4-6-16(27)7-5-15)23-21(24-20)26-8-10-28-11-9-26/h4-7,12,27H,8-11,13H2,1-3H3. The summed E-state index contributed by atoms with van der Waals surface area (Å²) in [6.07, 6.45) is 0. The van der Waals surface area contributed by atoms with Gasteiger partial charge in [-0.05, 0) is 56.9 Å². The highest BCUT2D eigenvalue weighted by atomic mass is 32.1. The maximum atomic E-state index is 9.62. The second-order valence-electron chi connectivity index (χ2n) is 7.38. The Hall–Kier alpha value is -2.55. The average Bonchev–Trinajstić information content (AvgIpc) is 3.08. The van der Waals surface area contributed by atoms with Gasteiger partial charge in [-0.25, -0.2) is 4.98 Å². The first-order valence-corrected chi connectivity index (χ1v) is 10.4. The number of hydrogen-bond donors (Lipinski definition) is 1. The Kier molecular flexibility index (Phi) is 5.75. The fourth-order valence-electron chi connectivity index (χ4n) is 3.19. The molecule has 0 radical (unpaired) electrons. The first-order chi connectivity index (χ1) is 14.0. The van der Waals surface area contributed by atoms with E-state index in [9.17, 15) is 5.11 Å². The van der Waals surface area contributed by atoms with Gasteiger partial charge >= 0.3 is 0 Å². The van der Waals surface area contributed by atoms with Crippen LogP contribution in [0.25, 0.3) is 22.1 Å². The lowest BCUT2D eigenvalue weighted by Gasteiger charge is -2.27. The fourth-order valence-corrected chi connectivity index (χ4v) is 4.42. The third-order valence-electron chi connectivity index (χ3n) is 4.74. The molecule has 29 heavy (non-hydrogen) atoms. The number of morpholine rings is 1. The van der Waals surface area contributed by atoms with E-state index in [-0.39, 0.29) is 5.75 Å². The number of aryl methyl sites for hydroxylation is 1. The van der Waals surface area contributed by atoms with Gasteiger partial charge in [-0.2, -0.15) is 9.97 Å². The molecule has 0 bridgehead atoms. The number of anilines is 1. The zero-order valence-electron chi connectivity index (χ0n) is 16.9. The van der Waals surface area contributed by atoms with Crippen molar-refractivity contribution in [2.45, 2.75) is 13.5 Å². The Labute approximate surface area is 174 Å². The SMILES string of the molecule is Cc1cc(-c2nc(-c3ccc(O)cc3)nc(N3CCOCC3)n2)sc1CN(C)C. The van der Waals surface area contributed by atoms with Crippen molar-refractivity contribution in [3.05, 3.63) is 40.8 Å². The first-order valence-electron chi connectivity index (χ1n) is 9.62. The lowest BCUT2D eigenvalue weighted by atomic mass is 10.2. The number of aromatic nitrogens is 3. The molecule has 1 fully saturated rings. The molecule has 0 aliphatic carbocycles. The van der Waals surface area contributed by atoms with Crippen molar-refractivity contribution >= 4 is 17.3 Å². The summed E-state index contributed by atoms with van der Waals surface area (Å²) >= 11 is 1.72. The van der Waals surface area contributed by atoms with Gasteiger partial charge in [0.1, 0.15) is 5.75 Å². The van der Waals surface area contributed by atoms with E-state index >= 15 is 0 Å². The van der Waals surface area contributed by atoms with E-state index in [0.29, 0.717) is 30.8 Å². The van der Waals surface area contributed by atoms with Gasteiger partial charge in [-0.3, -0.25) is 0 Å². The van der Waals surface area contributed by atoms with Crippen molar-refractivity contribution in [1.82, 2.24) is 19.9 Å². The summed E-state index contributed by atoms with van der Waals surface area (Å²) in [5.41, 5.74) is 2.10. The molecule has 2 aromatic heterocycles. The first kappa shape index (κ1) is 19.8. The van der Waals surface area contributed by atoms with Crippen LogP contribution in [0.3, 0.4) is 0 Å². The maximum Gasteiger partial charge on any atom is 0.229 e. The Morgan fingerprint density at radius 1 is 1.07 bits per heavy atom. The highest BCUT2D eigenvalue weighted by Gasteiger charge is 2.19. The minimum absolute atomic E-state index is 0.221. The van der Waals surface area contributed by atoms with Crippen LogP contribution in [0, 0.1) is 6.92 Å². The van der Waals surface area contributed by atoms with Gasteiger partial charge in [-0.15, -0.1) is 11.3 Å². The number of phenols is 1. The van der Waals surface area contributed by atoms with Crippen LogP contribution >= 0.6 is 11.3 Å². The minimum atomic E-state index is 0.221. The van der Waals surface area contributed by atoms with Gasteiger partial charge in [0, 0.05) is 30.1 Å². The van der Waals surface area contributed by atoms with Crippen LogP contribution in [-0.2, 0) is 11.3 Å². The molecule has 0 amide bonds. The Balaban J connectivity index is 1.78. The topological polar surface area (TPSA) is 74.6 Å². The van der Waals surface area contributed by atoms with Crippen molar-refractivity contribution < 1.29 is 9.84 Å². The van der Waals surface area contributed by atoms with E-state index < -0.39 is 0 Å². The van der Waals surface area contributed by atoms with E-state index in [1.54, 1.807) is 23.5 Å². The molecular formula is C21H25N5O2S. The van der Waals surface area contributed by atoms with E-state index in [1.807, 2.05) is 12.1 Å². The molecule has 3 heterocycles. The summed E-state index contributed by atoms with van der Waals surface area (Å²) in [7, 11) is 4.14. The normalized spacial score (nSPS) is 14.6. The van der Waals surface area contributed by atoms with Crippen LogP contribution in [-0.4, -0.2) is 65.4 Å². The number of thiophene rings is 1. The fraction of sp³-hybridized carbons (Fsp3) is 0.381. The largest absolute Gasteiger partial charge is 0.508 e. The van der Waals surface area contributed by atoms with Gasteiger partial charge in [0.05, 0.1) is 18.1 Å². The zero-order chi connectivity index (χ0) is 20.4. The monoisotopic (exact) mass is 411 g/mol. The predicted octanol–water partition coefficient (Wildman–Crippen LogP) is 3.18. The molecule has 1 saturated heterocycles. The second kappa shape index (κ2) is 8.44. The third-order valence-corrected chi connectivity index (χ3v) is 5.96. The summed E-state index contributed by atoms with van der Waals surface area (Å²) in [6, 6.07) is 9.11. The molecule has 1 aromatic carbocycles. The van der Waals surface area contributed by atoms with Gasteiger partial charge in [0.2, 0.25) is 5.95 Å². The molecule has 4 rings (SSSR count). The second-order valence-corrected chi connectivity index (χ2v) is 8.52. The average molecular weight is 412 g/mol. The van der Waals surface area contributed by atoms with Crippen LogP contribution in [0.5, 0.6) is 5.75 Å². The van der Waals surface area contributed by atoms with Crippen molar-refractivity contribution in [1.29, 1.82) is 0 Å². The highest BCUT2D eigenvalue weighted by Crippen LogP contribution is 2.32. The van der Waals surface area contributed by atoms with E-state index in [2.05, 4.69) is 36.9 Å². The van der Waals surface area contributed by atoms with Crippen LogP contribution in [0.4, 0.5) is 5.95 Å². The third kappa shape index (κ3) is 4.55. The minimum Gasteiger partial charge on any atom is -0.508 e. The Morgan fingerprint density at radius 2 is 1.76 bits per heavy atom. The summed E-state index contributed by atoms with van der Waals surface area (Å²) in [4.78, 5) is 20.9. The number of phenolic OH excluding ortho intramolecular Hbond substituents is 1. The summed E-state index contributed by atoms with van der Waals surface area (Å²) in [5.74, 6) is 2.18. The number of ether oxygens (including phenoxy) is 1. The van der Waals surface area contributed by atoms with Gasteiger partial charge in [0.15, 0.2) is 11.6 Å². The summed E-state index contributed by atoms with van der Waals surface area (Å²) < 4.78 is 5.48. The Bertz CT molecular complexity index is 981. The van der Waals surface area contributed by atoms with E-state index in [4.69, 9.17) is 19.7 Å². The summed E-state index contributed by atoms with van der Waals surface area (Å²) in [6.45, 7) is 5.87. The Morgan fingerprint density at radius 3 is 2.45 bits per heavy atom. The number of nitrogens with zero attached hydrogens (tertiary/aromatic N) is 5. The molecule has 0 spiro atoms. The lowest BCUT2D eigenvalue weighted by molar-refractivity contribution is 0.122. The van der Waals surface area contributed by atoms with Crippen LogP contribution < -0.4 is 4.90 Å². The van der Waals surface area contributed by atoms with E-state index in [1.165, 1.54) is 10.4 Å². The summed E-state index contributed by atoms with van der Waals surface area (Å²) in [5, 5.41) is 9.62. The van der Waals surface area contributed by atoms with Gasteiger partial charge in [-0.1, -0.05) is 0 Å². The molecule has 0 atom stereocenters. The zero-order valence-corrected chi connectivity index (χ0v) is 17.7. The molecule has 3 aromatic rings. The smallest absolute Gasteiger partial charge is 0.229 e. The molecule has 152 valence electrons. The molecule has 1 aliphatic heterocycles. The van der Waals surface area contributed by atoms with Gasteiger partial charge in [0.25, 0.3) is 0 Å². The molecule has 7 nitrogen and oxygen atoms in total. The lowest BCUT2D eigenvalue weighted by Crippen LogP contribution is -2.37. The van der Waals surface area contributed by atoms with Gasteiger partial charge < -0.3 is 19.6 Å². The van der Waals surface area contributed by atoms with Crippen LogP contribution in [0.15, 0.2) is 30.3 Å². The number of benzene rings is 1. The van der Waals surface area contributed by atoms with E-state index in [0.717, 1.165) is 30.1 Å². The predicted molar refractivity (Wildman–Crippen MR) is 115 cm³/mol. The van der Waals surface area contributed by atoms with Crippen molar-refractivity contribution in [2.75, 3.05) is 45.3 Å². The van der Waals surface area contributed by atoms with Crippen molar-refractivity contribution in [2.24, 2.45) is 0 Å². The van der Waals surface area contributed by atoms with Crippen molar-refractivity contribution in [3.63, 3.8) is 0 Å². The quantitative estimate of drug-likeness (QED) is 0.691. The van der Waals surface area contributed by atoms with Crippen LogP contribution in [0.1, 0.15) is 10.4 Å². The number of aromatic hydroxyl groups is 1.